The third-order valence-corrected chi connectivity index (χ3v) is 2.26. The van der Waals surface area contributed by atoms with E-state index in [1.165, 1.54) is 6.92 Å². The Hall–Kier alpha value is -1.70. The number of amides is 2. The van der Waals surface area contributed by atoms with Gasteiger partial charge >= 0.3 is 0 Å². The van der Waals surface area contributed by atoms with E-state index in [9.17, 15) is 9.59 Å². The van der Waals surface area contributed by atoms with Gasteiger partial charge in [0.05, 0.1) is 0 Å². The minimum atomic E-state index is -0.612. The van der Waals surface area contributed by atoms with E-state index in [0.717, 1.165) is 0 Å². The maximum Gasteiger partial charge on any atom is 0.242 e. The van der Waals surface area contributed by atoms with Gasteiger partial charge < -0.3 is 22.1 Å². The van der Waals surface area contributed by atoms with Crippen LogP contribution >= 0.6 is 12.6 Å². The van der Waals surface area contributed by atoms with E-state index < -0.39 is 6.04 Å². The van der Waals surface area contributed by atoms with Crippen LogP contribution in [0.25, 0.3) is 0 Å². The van der Waals surface area contributed by atoms with Crippen molar-refractivity contribution in [3.05, 3.63) is 11.5 Å². The van der Waals surface area contributed by atoms with Gasteiger partial charge in [-0.05, 0) is 17.7 Å². The van der Waals surface area contributed by atoms with E-state index >= 15 is 0 Å². The van der Waals surface area contributed by atoms with Crippen molar-refractivity contribution in [2.75, 3.05) is 13.1 Å². The maximum absolute atomic E-state index is 11.8. The van der Waals surface area contributed by atoms with Crippen LogP contribution in [0, 0.1) is 0 Å². The molecule has 0 fully saturated rings. The highest BCUT2D eigenvalue weighted by molar-refractivity contribution is 7.84. The highest BCUT2D eigenvalue weighted by atomic mass is 32.1. The van der Waals surface area contributed by atoms with Gasteiger partial charge in [-0.3, -0.25) is 14.6 Å². The van der Waals surface area contributed by atoms with Gasteiger partial charge in [-0.1, -0.05) is 6.58 Å². The molecule has 108 valence electrons. The zero-order valence-electron chi connectivity index (χ0n) is 11.0. The van der Waals surface area contributed by atoms with Gasteiger partial charge in [0, 0.05) is 20.0 Å². The van der Waals surface area contributed by atoms with Crippen LogP contribution in [0.5, 0.6) is 0 Å². The molecular weight excluding hydrogens is 266 g/mol. The highest BCUT2D eigenvalue weighted by Gasteiger charge is 2.18. The third-order valence-electron chi connectivity index (χ3n) is 2.11. The molecule has 6 N–H and O–H groups in total. The van der Waals surface area contributed by atoms with Crippen molar-refractivity contribution in [1.29, 1.82) is 0 Å². The van der Waals surface area contributed by atoms with Crippen molar-refractivity contribution in [2.24, 2.45) is 16.5 Å². The summed E-state index contributed by atoms with van der Waals surface area (Å²) in [4.78, 5) is 27.2. The van der Waals surface area contributed by atoms with Gasteiger partial charge in [0.15, 0.2) is 5.96 Å². The molecule has 0 aliphatic carbocycles. The molecule has 0 aromatic heterocycles. The van der Waals surface area contributed by atoms with Crippen LogP contribution < -0.4 is 22.1 Å². The average molecular weight is 287 g/mol. The summed E-state index contributed by atoms with van der Waals surface area (Å²) in [7, 11) is 0. The first-order valence-electron chi connectivity index (χ1n) is 5.80. The van der Waals surface area contributed by atoms with Gasteiger partial charge in [-0.15, -0.1) is 12.6 Å². The smallest absolute Gasteiger partial charge is 0.242 e. The van der Waals surface area contributed by atoms with Crippen LogP contribution in [-0.4, -0.2) is 36.9 Å². The molecule has 0 rings (SSSR count). The van der Waals surface area contributed by atoms with E-state index in [1.54, 1.807) is 0 Å². The number of rotatable bonds is 8. The zero-order valence-corrected chi connectivity index (χ0v) is 11.9. The van der Waals surface area contributed by atoms with Gasteiger partial charge in [0.2, 0.25) is 11.8 Å². The molecule has 0 saturated heterocycles. The zero-order chi connectivity index (χ0) is 14.8. The van der Waals surface area contributed by atoms with E-state index in [2.05, 4.69) is 34.8 Å². The molecule has 0 bridgehead atoms. The topological polar surface area (TPSA) is 123 Å². The predicted octanol–water partition coefficient (Wildman–Crippen LogP) is -0.896. The first-order chi connectivity index (χ1) is 8.82. The first kappa shape index (κ1) is 17.3. The van der Waals surface area contributed by atoms with Crippen molar-refractivity contribution < 1.29 is 9.59 Å². The van der Waals surface area contributed by atoms with Crippen molar-refractivity contribution >= 4 is 30.4 Å². The fourth-order valence-corrected chi connectivity index (χ4v) is 1.41. The number of aliphatic imine (C=N–C) groups is 1. The second kappa shape index (κ2) is 9.26. The third kappa shape index (κ3) is 9.95. The minimum absolute atomic E-state index is 0.00639. The van der Waals surface area contributed by atoms with Gasteiger partial charge in [-0.2, -0.15) is 0 Å². The number of hydrogen-bond donors (Lipinski definition) is 5. The lowest BCUT2D eigenvalue weighted by Gasteiger charge is -2.17. The molecule has 7 nitrogen and oxygen atoms in total. The molecule has 0 radical (unpaired) electrons. The number of guanidine groups is 1. The van der Waals surface area contributed by atoms with E-state index in [0.29, 0.717) is 24.3 Å². The summed E-state index contributed by atoms with van der Waals surface area (Å²) in [6, 6.07) is -0.612. The summed E-state index contributed by atoms with van der Waals surface area (Å²) < 4.78 is 0. The summed E-state index contributed by atoms with van der Waals surface area (Å²) in [5.74, 6) is -0.548. The fourth-order valence-electron chi connectivity index (χ4n) is 1.33. The molecular formula is C11H21N5O2S. The Kier molecular flexibility index (Phi) is 8.43. The van der Waals surface area contributed by atoms with Gasteiger partial charge in [0.1, 0.15) is 6.04 Å². The van der Waals surface area contributed by atoms with E-state index in [4.69, 9.17) is 11.5 Å². The largest absolute Gasteiger partial charge is 0.370 e. The Labute approximate surface area is 118 Å². The van der Waals surface area contributed by atoms with Crippen LogP contribution in [0.1, 0.15) is 19.8 Å². The molecule has 0 heterocycles. The minimum Gasteiger partial charge on any atom is -0.370 e. The van der Waals surface area contributed by atoms with Crippen molar-refractivity contribution in [1.82, 2.24) is 10.6 Å². The summed E-state index contributed by atoms with van der Waals surface area (Å²) in [5, 5.41) is 5.20. The van der Waals surface area contributed by atoms with Crippen LogP contribution in [-0.2, 0) is 9.59 Å². The maximum atomic E-state index is 11.8. The van der Waals surface area contributed by atoms with Crippen molar-refractivity contribution in [3.63, 3.8) is 0 Å². The summed E-state index contributed by atoms with van der Waals surface area (Å²) in [6.07, 6.45) is 1.03. The highest BCUT2D eigenvalue weighted by Crippen LogP contribution is 2.00. The summed E-state index contributed by atoms with van der Waals surface area (Å²) in [6.45, 7) is 5.58. The van der Waals surface area contributed by atoms with Crippen molar-refractivity contribution in [2.45, 2.75) is 25.8 Å². The lowest BCUT2D eigenvalue weighted by atomic mass is 10.1. The van der Waals surface area contributed by atoms with Crippen LogP contribution in [0.3, 0.4) is 0 Å². The lowest BCUT2D eigenvalue weighted by molar-refractivity contribution is -0.128. The lowest BCUT2D eigenvalue weighted by Crippen LogP contribution is -2.46. The quantitative estimate of drug-likeness (QED) is 0.172. The number of nitrogens with one attached hydrogen (secondary N) is 2. The van der Waals surface area contributed by atoms with E-state index in [1.807, 2.05) is 0 Å². The van der Waals surface area contributed by atoms with Crippen LogP contribution in [0.4, 0.5) is 0 Å². The molecule has 0 aromatic carbocycles. The second-order valence-corrected chi connectivity index (χ2v) is 4.62. The fraction of sp³-hybridized carbons (Fsp3) is 0.545. The first-order valence-corrected chi connectivity index (χ1v) is 6.24. The standard InChI is InChI=1S/C11H21N5O2S/c1-7(19)6-15-10(18)9(16-8(2)17)4-3-5-14-11(12)13/h9,19H,1,3-6H2,2H3,(H,15,18)(H,16,17)(H4,12,13,14)/t9-/m0/s1. The molecule has 19 heavy (non-hydrogen) atoms. The number of thiol groups is 1. The summed E-state index contributed by atoms with van der Waals surface area (Å²) in [5.41, 5.74) is 10.4. The molecule has 0 aromatic rings. The number of hydrogen-bond acceptors (Lipinski definition) is 4. The number of nitrogens with two attached hydrogens (primary N) is 2. The van der Waals surface area contributed by atoms with Crippen molar-refractivity contribution in [3.8, 4) is 0 Å². The molecule has 0 saturated carbocycles. The molecule has 0 spiro atoms. The molecule has 0 unspecified atom stereocenters. The van der Waals surface area contributed by atoms with Crippen LogP contribution in [0.2, 0.25) is 0 Å². The Morgan fingerprint density at radius 1 is 1.42 bits per heavy atom. The number of carbonyl (C=O) groups is 2. The SMILES string of the molecule is C=C(S)CNC(=O)[C@H](CCCN=C(N)N)NC(C)=O. The molecule has 0 aliphatic rings. The van der Waals surface area contributed by atoms with E-state index in [-0.39, 0.29) is 24.3 Å². The molecule has 1 atom stereocenters. The number of carbonyl (C=O) groups excluding carboxylic acids is 2. The average Bonchev–Trinajstić information content (AvgIpc) is 2.29. The summed E-state index contributed by atoms with van der Waals surface area (Å²) >= 11 is 3.98. The normalized spacial score (nSPS) is 11.3. The second-order valence-electron chi connectivity index (χ2n) is 3.99. The Balaban J connectivity index is 4.28. The number of nitrogens with zero attached hydrogens (tertiary/aromatic N) is 1. The Bertz CT molecular complexity index is 366. The molecule has 0 aliphatic heterocycles. The molecule has 8 heteroatoms. The van der Waals surface area contributed by atoms with Crippen LogP contribution in [0.15, 0.2) is 16.5 Å². The Morgan fingerprint density at radius 3 is 2.53 bits per heavy atom. The Morgan fingerprint density at radius 2 is 2.05 bits per heavy atom. The monoisotopic (exact) mass is 287 g/mol. The van der Waals surface area contributed by atoms with Gasteiger partial charge in [-0.25, -0.2) is 0 Å². The predicted molar refractivity (Wildman–Crippen MR) is 78.7 cm³/mol. The van der Waals surface area contributed by atoms with Gasteiger partial charge in [0.25, 0.3) is 0 Å². The molecule has 2 amide bonds.